The number of aliphatic hydroxyl groups is 1. The molecule has 0 saturated heterocycles. The molecule has 148 valence electrons. The van der Waals surface area contributed by atoms with Crippen LogP contribution in [-0.4, -0.2) is 23.8 Å². The van der Waals surface area contributed by atoms with E-state index in [0.29, 0.717) is 12.0 Å². The van der Waals surface area contributed by atoms with Crippen molar-refractivity contribution in [2.75, 3.05) is 6.61 Å². The first kappa shape index (κ1) is 22.5. The topological polar surface area (TPSA) is 46.5 Å². The van der Waals surface area contributed by atoms with Crippen molar-refractivity contribution < 1.29 is 14.6 Å². The molecule has 2 saturated carbocycles. The SMILES string of the molecule is CC1(C)[C@@H]2CC[C@@]1(C)[C@H](O)C2.CCCCCCCCCCOC(C)=O. The summed E-state index contributed by atoms with van der Waals surface area (Å²) in [5.74, 6) is 0.621. The number of esters is 1. The Kier molecular flexibility index (Phi) is 9.48. The van der Waals surface area contributed by atoms with Crippen LogP contribution in [0.3, 0.4) is 0 Å². The van der Waals surface area contributed by atoms with Gasteiger partial charge in [0.15, 0.2) is 0 Å². The molecule has 3 nitrogen and oxygen atoms in total. The molecule has 0 aliphatic heterocycles. The van der Waals surface area contributed by atoms with Crippen molar-refractivity contribution in [3.05, 3.63) is 0 Å². The third-order valence-corrected chi connectivity index (χ3v) is 7.05. The predicted octanol–water partition coefficient (Wildman–Crippen LogP) is 5.88. The summed E-state index contributed by atoms with van der Waals surface area (Å²) in [6.07, 6.45) is 13.8. The third-order valence-electron chi connectivity index (χ3n) is 7.05. The van der Waals surface area contributed by atoms with Gasteiger partial charge in [0.05, 0.1) is 12.7 Å². The third kappa shape index (κ3) is 6.27. The van der Waals surface area contributed by atoms with Crippen LogP contribution < -0.4 is 0 Å². The van der Waals surface area contributed by atoms with Gasteiger partial charge in [0, 0.05) is 6.92 Å². The Morgan fingerprint density at radius 3 is 1.96 bits per heavy atom. The molecule has 1 N–H and O–H groups in total. The van der Waals surface area contributed by atoms with Crippen LogP contribution in [0.15, 0.2) is 0 Å². The number of hydrogen-bond acceptors (Lipinski definition) is 3. The predicted molar refractivity (Wildman–Crippen MR) is 104 cm³/mol. The number of carbonyl (C=O) groups is 1. The van der Waals surface area contributed by atoms with Crippen LogP contribution in [0.25, 0.3) is 0 Å². The minimum atomic E-state index is -0.159. The van der Waals surface area contributed by atoms with E-state index in [-0.39, 0.29) is 17.5 Å². The van der Waals surface area contributed by atoms with E-state index in [1.54, 1.807) is 0 Å². The second kappa shape index (κ2) is 10.5. The van der Waals surface area contributed by atoms with Crippen LogP contribution in [0.2, 0.25) is 0 Å². The summed E-state index contributed by atoms with van der Waals surface area (Å²) >= 11 is 0. The molecule has 3 atom stereocenters. The fourth-order valence-corrected chi connectivity index (χ4v) is 4.61. The van der Waals surface area contributed by atoms with E-state index >= 15 is 0 Å². The average molecular weight is 355 g/mol. The maximum Gasteiger partial charge on any atom is 0.302 e. The molecule has 2 rings (SSSR count). The number of unbranched alkanes of at least 4 members (excludes halogenated alkanes) is 7. The van der Waals surface area contributed by atoms with Gasteiger partial charge in [0.2, 0.25) is 0 Å². The summed E-state index contributed by atoms with van der Waals surface area (Å²) in [4.78, 5) is 10.4. The zero-order chi connectivity index (χ0) is 18.9. The Labute approximate surface area is 155 Å². The highest BCUT2D eigenvalue weighted by Gasteiger charge is 2.60. The van der Waals surface area contributed by atoms with Crippen molar-refractivity contribution in [3.8, 4) is 0 Å². The summed E-state index contributed by atoms with van der Waals surface area (Å²) in [6, 6.07) is 0. The molecule has 0 aromatic carbocycles. The first-order valence-electron chi connectivity index (χ1n) is 10.6. The molecule has 0 amide bonds. The van der Waals surface area contributed by atoms with Gasteiger partial charge in [-0.05, 0) is 42.4 Å². The molecule has 3 heteroatoms. The Morgan fingerprint density at radius 1 is 1.04 bits per heavy atom. The van der Waals surface area contributed by atoms with E-state index in [1.165, 1.54) is 64.7 Å². The highest BCUT2D eigenvalue weighted by Crippen LogP contribution is 2.65. The van der Waals surface area contributed by atoms with Crippen molar-refractivity contribution in [2.45, 2.75) is 111 Å². The lowest BCUT2D eigenvalue weighted by Crippen LogP contribution is -2.35. The number of ether oxygens (including phenoxy) is 1. The fraction of sp³-hybridized carbons (Fsp3) is 0.955. The van der Waals surface area contributed by atoms with Gasteiger partial charge in [-0.2, -0.15) is 0 Å². The van der Waals surface area contributed by atoms with Crippen molar-refractivity contribution >= 4 is 5.97 Å². The summed E-state index contributed by atoms with van der Waals surface area (Å²) in [7, 11) is 0. The van der Waals surface area contributed by atoms with Crippen LogP contribution in [0.5, 0.6) is 0 Å². The molecular weight excluding hydrogens is 312 g/mol. The molecule has 2 aliphatic carbocycles. The fourth-order valence-electron chi connectivity index (χ4n) is 4.61. The molecule has 2 bridgehead atoms. The van der Waals surface area contributed by atoms with E-state index in [4.69, 9.17) is 4.74 Å². The monoisotopic (exact) mass is 354 g/mol. The molecule has 25 heavy (non-hydrogen) atoms. The zero-order valence-electron chi connectivity index (χ0n) is 17.4. The Hall–Kier alpha value is -0.570. The quantitative estimate of drug-likeness (QED) is 0.415. The summed E-state index contributed by atoms with van der Waals surface area (Å²) in [5.41, 5.74) is 0.601. The molecular formula is C22H42O3. The van der Waals surface area contributed by atoms with E-state index < -0.39 is 0 Å². The minimum Gasteiger partial charge on any atom is -0.466 e. The van der Waals surface area contributed by atoms with E-state index in [0.717, 1.165) is 18.8 Å². The summed E-state index contributed by atoms with van der Waals surface area (Å²) in [5, 5.41) is 9.81. The summed E-state index contributed by atoms with van der Waals surface area (Å²) < 4.78 is 4.85. The molecule has 2 aliphatic rings. The van der Waals surface area contributed by atoms with Gasteiger partial charge in [0.1, 0.15) is 0 Å². The molecule has 0 aromatic heterocycles. The molecule has 0 aromatic rings. The van der Waals surface area contributed by atoms with Gasteiger partial charge in [-0.25, -0.2) is 0 Å². The van der Waals surface area contributed by atoms with Crippen molar-refractivity contribution in [1.82, 2.24) is 0 Å². The van der Waals surface area contributed by atoms with Crippen LogP contribution in [-0.2, 0) is 9.53 Å². The van der Waals surface area contributed by atoms with Crippen molar-refractivity contribution in [3.63, 3.8) is 0 Å². The smallest absolute Gasteiger partial charge is 0.302 e. The number of carbonyl (C=O) groups excluding carboxylic acids is 1. The Bertz CT molecular complexity index is 391. The molecule has 0 heterocycles. The lowest BCUT2D eigenvalue weighted by molar-refractivity contribution is -0.141. The molecule has 0 radical (unpaired) electrons. The van der Waals surface area contributed by atoms with Crippen LogP contribution in [0.4, 0.5) is 0 Å². The average Bonchev–Trinajstić information content (AvgIpc) is 2.87. The maximum absolute atomic E-state index is 10.4. The normalized spacial score (nSPS) is 29.2. The highest BCUT2D eigenvalue weighted by molar-refractivity contribution is 5.65. The number of aliphatic hydroxyl groups excluding tert-OH is 1. The van der Waals surface area contributed by atoms with Gasteiger partial charge < -0.3 is 9.84 Å². The highest BCUT2D eigenvalue weighted by atomic mass is 16.5. The van der Waals surface area contributed by atoms with Gasteiger partial charge in [-0.1, -0.05) is 72.6 Å². The first-order valence-corrected chi connectivity index (χ1v) is 10.6. The maximum atomic E-state index is 10.4. The molecule has 0 unspecified atom stereocenters. The van der Waals surface area contributed by atoms with Gasteiger partial charge in [-0.15, -0.1) is 0 Å². The standard InChI is InChI=1S/C12H24O2.C10H18O/c1-3-4-5-6-7-8-9-10-11-14-12(2)13;1-9(2)7-4-5-10(9,3)8(11)6-7/h3-11H2,1-2H3;7-8,11H,4-6H2,1-3H3/t;7-,8-,10+/m.1/s1. The second-order valence-corrected chi connectivity index (χ2v) is 8.94. The largest absolute Gasteiger partial charge is 0.466 e. The van der Waals surface area contributed by atoms with Crippen LogP contribution >= 0.6 is 0 Å². The molecule has 2 fully saturated rings. The van der Waals surface area contributed by atoms with Gasteiger partial charge in [0.25, 0.3) is 0 Å². The van der Waals surface area contributed by atoms with E-state index in [9.17, 15) is 9.90 Å². The minimum absolute atomic E-state index is 0.0313. The lowest BCUT2D eigenvalue weighted by Gasteiger charge is -2.36. The van der Waals surface area contributed by atoms with Gasteiger partial charge >= 0.3 is 5.97 Å². The number of rotatable bonds is 9. The first-order chi connectivity index (χ1) is 11.8. The van der Waals surface area contributed by atoms with Crippen molar-refractivity contribution in [1.29, 1.82) is 0 Å². The van der Waals surface area contributed by atoms with Gasteiger partial charge in [-0.3, -0.25) is 4.79 Å². The number of hydrogen-bond donors (Lipinski definition) is 1. The van der Waals surface area contributed by atoms with E-state index in [1.807, 2.05) is 0 Å². The lowest BCUT2D eigenvalue weighted by atomic mass is 9.70. The van der Waals surface area contributed by atoms with E-state index in [2.05, 4.69) is 27.7 Å². The van der Waals surface area contributed by atoms with Crippen LogP contribution in [0.1, 0.15) is 105 Å². The second-order valence-electron chi connectivity index (χ2n) is 8.94. The molecule has 0 spiro atoms. The Morgan fingerprint density at radius 2 is 1.60 bits per heavy atom. The van der Waals surface area contributed by atoms with Crippen LogP contribution in [0, 0.1) is 16.7 Å². The Balaban J connectivity index is 0.000000255. The summed E-state index contributed by atoms with van der Waals surface area (Å²) in [6.45, 7) is 11.2. The number of fused-ring (bicyclic) bond motifs is 2. The zero-order valence-corrected chi connectivity index (χ0v) is 17.4. The van der Waals surface area contributed by atoms with Crippen molar-refractivity contribution in [2.24, 2.45) is 16.7 Å².